The lowest BCUT2D eigenvalue weighted by Gasteiger charge is -2.27. The van der Waals surface area contributed by atoms with Crippen LogP contribution in [-0.2, 0) is 22.7 Å². The normalized spacial score (nSPS) is 15.7. The Balaban J connectivity index is 1.44. The summed E-state index contributed by atoms with van der Waals surface area (Å²) in [6.07, 6.45) is 0.325. The van der Waals surface area contributed by atoms with Crippen LogP contribution in [0.5, 0.6) is 0 Å². The number of aromatic nitrogens is 2. The summed E-state index contributed by atoms with van der Waals surface area (Å²) in [5.74, 6) is 0.308. The van der Waals surface area contributed by atoms with Crippen LogP contribution in [0.25, 0.3) is 11.0 Å². The number of hydrogen-bond donors (Lipinski definition) is 0. The zero-order valence-electron chi connectivity index (χ0n) is 20.5. The van der Waals surface area contributed by atoms with Crippen LogP contribution in [0.1, 0.15) is 37.6 Å². The van der Waals surface area contributed by atoms with Gasteiger partial charge in [0, 0.05) is 37.2 Å². The van der Waals surface area contributed by atoms with Crippen LogP contribution in [0.3, 0.4) is 0 Å². The fourth-order valence-corrected chi connectivity index (χ4v) is 5.01. The number of nitrogens with zero attached hydrogens (tertiary/aromatic N) is 4. The number of likely N-dealkylation sites (tertiary alicyclic amines) is 1. The number of para-hydroxylation sites is 3. The molecule has 0 aliphatic carbocycles. The van der Waals surface area contributed by atoms with Crippen molar-refractivity contribution in [3.05, 3.63) is 96.1 Å². The standard InChI is InChI=1S/C29H29FN4O2/c1-20(2)34(24-8-4-3-5-9-24)28(36)19-33-26-11-7-6-10-25(26)31-29(33)22-16-27(35)32(18-22)17-21-12-14-23(30)15-13-21/h3-15,20,22H,16-19H2,1-2H3/t22-/m1/s1. The number of carbonyl (C=O) groups excluding carboxylic acids is 2. The zero-order chi connectivity index (χ0) is 25.2. The summed E-state index contributed by atoms with van der Waals surface area (Å²) in [7, 11) is 0. The molecular formula is C29H29FN4O2. The minimum atomic E-state index is -0.297. The Bertz CT molecular complexity index is 1380. The van der Waals surface area contributed by atoms with Crippen LogP contribution in [0.4, 0.5) is 10.1 Å². The molecule has 1 aliphatic heterocycles. The summed E-state index contributed by atoms with van der Waals surface area (Å²) in [5, 5.41) is 0. The van der Waals surface area contributed by atoms with E-state index >= 15 is 0 Å². The van der Waals surface area contributed by atoms with Gasteiger partial charge in [0.15, 0.2) is 0 Å². The molecule has 184 valence electrons. The lowest BCUT2D eigenvalue weighted by atomic mass is 10.1. The Labute approximate surface area is 210 Å². The van der Waals surface area contributed by atoms with Crippen molar-refractivity contribution >= 4 is 28.5 Å². The van der Waals surface area contributed by atoms with Crippen LogP contribution in [-0.4, -0.2) is 38.9 Å². The second-order valence-corrected chi connectivity index (χ2v) is 9.54. The van der Waals surface area contributed by atoms with Crippen molar-refractivity contribution in [2.75, 3.05) is 11.4 Å². The molecule has 0 N–H and O–H groups in total. The molecule has 1 fully saturated rings. The van der Waals surface area contributed by atoms with E-state index in [0.29, 0.717) is 19.5 Å². The number of hydrogen-bond acceptors (Lipinski definition) is 3. The number of carbonyl (C=O) groups is 2. The number of fused-ring (bicyclic) bond motifs is 1. The SMILES string of the molecule is CC(C)N(C(=O)Cn1c([C@@H]2CC(=O)N(Cc3ccc(F)cc3)C2)nc2ccccc21)c1ccccc1. The molecule has 1 atom stereocenters. The summed E-state index contributed by atoms with van der Waals surface area (Å²) >= 11 is 0. The van der Waals surface area contributed by atoms with Gasteiger partial charge >= 0.3 is 0 Å². The topological polar surface area (TPSA) is 58.4 Å². The van der Waals surface area contributed by atoms with Gasteiger partial charge < -0.3 is 14.4 Å². The summed E-state index contributed by atoms with van der Waals surface area (Å²) in [6, 6.07) is 23.6. The van der Waals surface area contributed by atoms with E-state index in [2.05, 4.69) is 0 Å². The van der Waals surface area contributed by atoms with Crippen LogP contribution < -0.4 is 4.90 Å². The molecule has 0 bridgehead atoms. The number of rotatable bonds is 7. The van der Waals surface area contributed by atoms with Crippen molar-refractivity contribution in [2.24, 2.45) is 0 Å². The highest BCUT2D eigenvalue weighted by Crippen LogP contribution is 2.32. The first-order valence-corrected chi connectivity index (χ1v) is 12.2. The van der Waals surface area contributed by atoms with Crippen molar-refractivity contribution < 1.29 is 14.0 Å². The Morgan fingerprint density at radius 3 is 2.44 bits per heavy atom. The number of anilines is 1. The minimum absolute atomic E-state index is 0.0163. The van der Waals surface area contributed by atoms with E-state index in [1.165, 1.54) is 12.1 Å². The first-order valence-electron chi connectivity index (χ1n) is 12.2. The van der Waals surface area contributed by atoms with Crippen molar-refractivity contribution in [1.29, 1.82) is 0 Å². The van der Waals surface area contributed by atoms with Gasteiger partial charge in [-0.2, -0.15) is 0 Å². The van der Waals surface area contributed by atoms with Crippen LogP contribution >= 0.6 is 0 Å². The quantitative estimate of drug-likeness (QED) is 0.365. The summed E-state index contributed by atoms with van der Waals surface area (Å²) < 4.78 is 15.3. The van der Waals surface area contributed by atoms with E-state index in [-0.39, 0.29) is 36.1 Å². The van der Waals surface area contributed by atoms with Gasteiger partial charge in [-0.15, -0.1) is 0 Å². The molecule has 1 aliphatic rings. The third-order valence-electron chi connectivity index (χ3n) is 6.66. The average molecular weight is 485 g/mol. The lowest BCUT2D eigenvalue weighted by Crippen LogP contribution is -2.39. The van der Waals surface area contributed by atoms with Crippen LogP contribution in [0.15, 0.2) is 78.9 Å². The van der Waals surface area contributed by atoms with Gasteiger partial charge in [0.25, 0.3) is 0 Å². The van der Waals surface area contributed by atoms with Gasteiger partial charge in [-0.25, -0.2) is 9.37 Å². The molecule has 7 heteroatoms. The Morgan fingerprint density at radius 2 is 1.72 bits per heavy atom. The number of amides is 2. The van der Waals surface area contributed by atoms with Crippen LogP contribution in [0.2, 0.25) is 0 Å². The Kier molecular flexibility index (Phi) is 6.55. The van der Waals surface area contributed by atoms with Crippen molar-refractivity contribution in [3.63, 3.8) is 0 Å². The van der Waals surface area contributed by atoms with Crippen molar-refractivity contribution in [3.8, 4) is 0 Å². The van der Waals surface area contributed by atoms with E-state index in [9.17, 15) is 14.0 Å². The summed E-state index contributed by atoms with van der Waals surface area (Å²) in [5.41, 5.74) is 3.41. The predicted octanol–water partition coefficient (Wildman–Crippen LogP) is 5.13. The number of imidazole rings is 1. The second kappa shape index (κ2) is 9.93. The van der Waals surface area contributed by atoms with Gasteiger partial charge in [-0.1, -0.05) is 42.5 Å². The smallest absolute Gasteiger partial charge is 0.247 e. The molecule has 4 aromatic rings. The summed E-state index contributed by atoms with van der Waals surface area (Å²) in [6.45, 7) is 5.05. The van der Waals surface area contributed by atoms with E-state index in [1.807, 2.05) is 73.0 Å². The maximum Gasteiger partial charge on any atom is 0.247 e. The molecule has 6 nitrogen and oxygen atoms in total. The first-order chi connectivity index (χ1) is 17.4. The largest absolute Gasteiger partial charge is 0.338 e. The van der Waals surface area contributed by atoms with Gasteiger partial charge in [0.05, 0.1) is 11.0 Å². The molecule has 2 heterocycles. The third kappa shape index (κ3) is 4.73. The predicted molar refractivity (Wildman–Crippen MR) is 138 cm³/mol. The average Bonchev–Trinajstić information content (AvgIpc) is 3.41. The molecular weight excluding hydrogens is 455 g/mol. The number of benzene rings is 3. The molecule has 1 saturated heterocycles. The maximum atomic E-state index is 13.6. The van der Waals surface area contributed by atoms with E-state index in [0.717, 1.165) is 28.1 Å². The second-order valence-electron chi connectivity index (χ2n) is 9.54. The van der Waals surface area contributed by atoms with Gasteiger partial charge in [-0.3, -0.25) is 9.59 Å². The molecule has 0 spiro atoms. The van der Waals surface area contributed by atoms with E-state index in [1.54, 1.807) is 21.9 Å². The molecule has 0 radical (unpaired) electrons. The molecule has 36 heavy (non-hydrogen) atoms. The fraction of sp³-hybridized carbons (Fsp3) is 0.276. The maximum absolute atomic E-state index is 13.6. The fourth-order valence-electron chi connectivity index (χ4n) is 5.01. The van der Waals surface area contributed by atoms with Gasteiger partial charge in [0.2, 0.25) is 11.8 Å². The minimum Gasteiger partial charge on any atom is -0.338 e. The molecule has 2 amide bonds. The molecule has 5 rings (SSSR count). The molecule has 3 aromatic carbocycles. The van der Waals surface area contributed by atoms with Gasteiger partial charge in [0.1, 0.15) is 18.2 Å². The van der Waals surface area contributed by atoms with Crippen LogP contribution in [0, 0.1) is 5.82 Å². The third-order valence-corrected chi connectivity index (χ3v) is 6.66. The summed E-state index contributed by atoms with van der Waals surface area (Å²) in [4.78, 5) is 35.0. The van der Waals surface area contributed by atoms with Gasteiger partial charge in [-0.05, 0) is 55.8 Å². The molecule has 0 unspecified atom stereocenters. The van der Waals surface area contributed by atoms with E-state index in [4.69, 9.17) is 4.98 Å². The highest BCUT2D eigenvalue weighted by atomic mass is 19.1. The lowest BCUT2D eigenvalue weighted by molar-refractivity contribution is -0.128. The van der Waals surface area contributed by atoms with Crippen molar-refractivity contribution in [1.82, 2.24) is 14.5 Å². The highest BCUT2D eigenvalue weighted by Gasteiger charge is 2.34. The number of halogens is 1. The molecule has 0 saturated carbocycles. The Morgan fingerprint density at radius 1 is 1.03 bits per heavy atom. The van der Waals surface area contributed by atoms with Crippen molar-refractivity contribution in [2.45, 2.75) is 45.3 Å². The molecule has 1 aromatic heterocycles. The van der Waals surface area contributed by atoms with E-state index < -0.39 is 0 Å². The first kappa shape index (κ1) is 23.7. The highest BCUT2D eigenvalue weighted by molar-refractivity contribution is 5.94. The zero-order valence-corrected chi connectivity index (χ0v) is 20.5. The monoisotopic (exact) mass is 484 g/mol. The Hall–Kier alpha value is -4.00.